The number of rotatable bonds is 3. The van der Waals surface area contributed by atoms with Gasteiger partial charge in [-0.1, -0.05) is 0 Å². The monoisotopic (exact) mass is 265 g/mol. The molecule has 1 aromatic carbocycles. The highest BCUT2D eigenvalue weighted by Gasteiger charge is 2.32. The van der Waals surface area contributed by atoms with Crippen molar-refractivity contribution in [2.45, 2.75) is 6.18 Å². The van der Waals surface area contributed by atoms with Crippen molar-refractivity contribution < 1.29 is 27.1 Å². The van der Waals surface area contributed by atoms with Crippen molar-refractivity contribution in [2.75, 3.05) is 20.7 Å². The van der Waals surface area contributed by atoms with Crippen LogP contribution in [0.15, 0.2) is 18.2 Å². The molecule has 0 radical (unpaired) electrons. The highest BCUT2D eigenvalue weighted by Crippen LogP contribution is 2.20. The standard InChI is InChI=1S/C11H11F4NO2/c1-16(6-11(13,14)15)10(17)8-4-3-7(18-2)5-9(8)12/h3-5H,6H2,1-2H3. The summed E-state index contributed by atoms with van der Waals surface area (Å²) in [5, 5.41) is 0. The van der Waals surface area contributed by atoms with Gasteiger partial charge >= 0.3 is 6.18 Å². The number of hydrogen-bond donors (Lipinski definition) is 0. The lowest BCUT2D eigenvalue weighted by Crippen LogP contribution is -2.36. The minimum absolute atomic E-state index is 0.183. The van der Waals surface area contributed by atoms with E-state index in [1.54, 1.807) is 0 Å². The van der Waals surface area contributed by atoms with Gasteiger partial charge in [0.2, 0.25) is 0 Å². The first-order valence-electron chi connectivity index (χ1n) is 4.90. The third kappa shape index (κ3) is 3.61. The number of methoxy groups -OCH3 is 1. The Labute approximate surface area is 101 Å². The minimum Gasteiger partial charge on any atom is -0.497 e. The zero-order chi connectivity index (χ0) is 13.9. The van der Waals surface area contributed by atoms with Crippen LogP contribution in [-0.2, 0) is 0 Å². The van der Waals surface area contributed by atoms with Crippen molar-refractivity contribution in [3.8, 4) is 5.75 Å². The van der Waals surface area contributed by atoms with E-state index in [2.05, 4.69) is 0 Å². The zero-order valence-corrected chi connectivity index (χ0v) is 9.71. The van der Waals surface area contributed by atoms with E-state index in [4.69, 9.17) is 4.74 Å². The molecule has 0 aromatic heterocycles. The van der Waals surface area contributed by atoms with E-state index in [1.165, 1.54) is 13.2 Å². The second kappa shape index (κ2) is 5.24. The van der Waals surface area contributed by atoms with Gasteiger partial charge in [0.25, 0.3) is 5.91 Å². The van der Waals surface area contributed by atoms with E-state index < -0.39 is 30.0 Å². The molecule has 0 aliphatic carbocycles. The molecule has 0 unspecified atom stereocenters. The van der Waals surface area contributed by atoms with E-state index in [1.807, 2.05) is 0 Å². The Morgan fingerprint density at radius 1 is 1.39 bits per heavy atom. The molecule has 0 fully saturated rings. The molecule has 0 saturated heterocycles. The van der Waals surface area contributed by atoms with Gasteiger partial charge in [0.05, 0.1) is 12.7 Å². The van der Waals surface area contributed by atoms with Crippen molar-refractivity contribution >= 4 is 5.91 Å². The fourth-order valence-electron chi connectivity index (χ4n) is 1.34. The third-order valence-electron chi connectivity index (χ3n) is 2.17. The van der Waals surface area contributed by atoms with E-state index in [9.17, 15) is 22.4 Å². The smallest absolute Gasteiger partial charge is 0.406 e. The first-order chi connectivity index (χ1) is 8.24. The predicted octanol–water partition coefficient (Wildman–Crippen LogP) is 2.47. The van der Waals surface area contributed by atoms with E-state index in [0.29, 0.717) is 4.90 Å². The van der Waals surface area contributed by atoms with Gasteiger partial charge < -0.3 is 9.64 Å². The average Bonchev–Trinajstić information content (AvgIpc) is 2.25. The Morgan fingerprint density at radius 3 is 2.44 bits per heavy atom. The molecule has 1 amide bonds. The van der Waals surface area contributed by atoms with Gasteiger partial charge in [-0.15, -0.1) is 0 Å². The molecule has 0 bridgehead atoms. The molecule has 0 aliphatic rings. The number of nitrogens with zero attached hydrogens (tertiary/aromatic N) is 1. The molecular weight excluding hydrogens is 254 g/mol. The number of ether oxygens (including phenoxy) is 1. The number of hydrogen-bond acceptors (Lipinski definition) is 2. The summed E-state index contributed by atoms with van der Waals surface area (Å²) in [6.07, 6.45) is -4.52. The maximum atomic E-state index is 13.5. The lowest BCUT2D eigenvalue weighted by atomic mass is 10.2. The molecule has 0 N–H and O–H groups in total. The molecule has 0 aliphatic heterocycles. The van der Waals surface area contributed by atoms with Crippen LogP contribution in [0, 0.1) is 5.82 Å². The van der Waals surface area contributed by atoms with Crippen LogP contribution >= 0.6 is 0 Å². The van der Waals surface area contributed by atoms with Gasteiger partial charge in [-0.25, -0.2) is 4.39 Å². The number of amides is 1. The number of benzene rings is 1. The summed E-state index contributed by atoms with van der Waals surface area (Å²) in [7, 11) is 2.27. The second-order valence-electron chi connectivity index (χ2n) is 3.62. The Kier molecular flexibility index (Phi) is 4.15. The predicted molar refractivity (Wildman–Crippen MR) is 56.0 cm³/mol. The lowest BCUT2D eigenvalue weighted by Gasteiger charge is -2.19. The highest BCUT2D eigenvalue weighted by atomic mass is 19.4. The largest absolute Gasteiger partial charge is 0.497 e. The van der Waals surface area contributed by atoms with Gasteiger partial charge in [0.15, 0.2) is 0 Å². The van der Waals surface area contributed by atoms with Gasteiger partial charge in [-0.3, -0.25) is 4.79 Å². The maximum absolute atomic E-state index is 13.5. The fraction of sp³-hybridized carbons (Fsp3) is 0.364. The molecule has 0 heterocycles. The summed E-state index contributed by atoms with van der Waals surface area (Å²) in [5.41, 5.74) is -0.428. The molecule has 3 nitrogen and oxygen atoms in total. The number of carbonyl (C=O) groups excluding carboxylic acids is 1. The van der Waals surface area contributed by atoms with Gasteiger partial charge in [-0.2, -0.15) is 13.2 Å². The van der Waals surface area contributed by atoms with E-state index >= 15 is 0 Å². The van der Waals surface area contributed by atoms with Crippen molar-refractivity contribution in [2.24, 2.45) is 0 Å². The highest BCUT2D eigenvalue weighted by molar-refractivity contribution is 5.94. The number of halogens is 4. The summed E-state index contributed by atoms with van der Waals surface area (Å²) < 4.78 is 54.5. The Hall–Kier alpha value is -1.79. The van der Waals surface area contributed by atoms with Gasteiger partial charge in [-0.05, 0) is 12.1 Å². The Morgan fingerprint density at radius 2 is 2.00 bits per heavy atom. The van der Waals surface area contributed by atoms with Gasteiger partial charge in [0, 0.05) is 13.1 Å². The average molecular weight is 265 g/mol. The molecule has 0 saturated carbocycles. The molecule has 1 aromatic rings. The molecule has 0 spiro atoms. The summed E-state index contributed by atoms with van der Waals surface area (Å²) in [5.74, 6) is -1.77. The molecule has 1 rings (SSSR count). The van der Waals surface area contributed by atoms with Crippen LogP contribution in [0.2, 0.25) is 0 Å². The third-order valence-corrected chi connectivity index (χ3v) is 2.17. The van der Waals surface area contributed by atoms with Crippen LogP contribution in [-0.4, -0.2) is 37.7 Å². The molecule has 100 valence electrons. The zero-order valence-electron chi connectivity index (χ0n) is 9.71. The van der Waals surface area contributed by atoms with Crippen LogP contribution in [0.25, 0.3) is 0 Å². The SMILES string of the molecule is COc1ccc(C(=O)N(C)CC(F)(F)F)c(F)c1. The Balaban J connectivity index is 2.90. The quantitative estimate of drug-likeness (QED) is 0.786. The summed E-state index contributed by atoms with van der Waals surface area (Å²) in [6.45, 7) is -1.43. The van der Waals surface area contributed by atoms with E-state index in [-0.39, 0.29) is 5.75 Å². The maximum Gasteiger partial charge on any atom is 0.406 e. The first kappa shape index (κ1) is 14.3. The fourth-order valence-corrected chi connectivity index (χ4v) is 1.34. The van der Waals surface area contributed by atoms with Crippen molar-refractivity contribution in [3.63, 3.8) is 0 Å². The van der Waals surface area contributed by atoms with Crippen molar-refractivity contribution in [3.05, 3.63) is 29.6 Å². The Bertz CT molecular complexity index is 445. The van der Waals surface area contributed by atoms with Crippen LogP contribution in [0.5, 0.6) is 5.75 Å². The van der Waals surface area contributed by atoms with Crippen LogP contribution < -0.4 is 4.74 Å². The molecule has 7 heteroatoms. The summed E-state index contributed by atoms with van der Waals surface area (Å²) >= 11 is 0. The molecule has 0 atom stereocenters. The van der Waals surface area contributed by atoms with Crippen LogP contribution in [0.4, 0.5) is 17.6 Å². The second-order valence-corrected chi connectivity index (χ2v) is 3.62. The molecular formula is C11H11F4NO2. The summed E-state index contributed by atoms with van der Waals surface area (Å²) in [6, 6.07) is 3.33. The first-order valence-corrected chi connectivity index (χ1v) is 4.90. The van der Waals surface area contributed by atoms with Crippen LogP contribution in [0.3, 0.4) is 0 Å². The van der Waals surface area contributed by atoms with E-state index in [0.717, 1.165) is 19.2 Å². The molecule has 18 heavy (non-hydrogen) atoms. The number of carbonyl (C=O) groups is 1. The summed E-state index contributed by atoms with van der Waals surface area (Å²) in [4.78, 5) is 12.0. The topological polar surface area (TPSA) is 29.5 Å². The number of alkyl halides is 3. The minimum atomic E-state index is -4.52. The van der Waals surface area contributed by atoms with Gasteiger partial charge in [0.1, 0.15) is 18.1 Å². The van der Waals surface area contributed by atoms with Crippen molar-refractivity contribution in [1.29, 1.82) is 0 Å². The van der Waals surface area contributed by atoms with Crippen molar-refractivity contribution in [1.82, 2.24) is 4.90 Å². The normalized spacial score (nSPS) is 11.2. The lowest BCUT2D eigenvalue weighted by molar-refractivity contribution is -0.138. The van der Waals surface area contributed by atoms with Crippen LogP contribution in [0.1, 0.15) is 10.4 Å².